The normalized spacial score (nSPS) is 25.4. The van der Waals surface area contributed by atoms with Crippen molar-refractivity contribution in [2.75, 3.05) is 18.5 Å². The molecule has 0 bridgehead atoms. The molecule has 2 heterocycles. The number of hydrogen-bond acceptors (Lipinski definition) is 5. The van der Waals surface area contributed by atoms with Gasteiger partial charge >= 0.3 is 0 Å². The summed E-state index contributed by atoms with van der Waals surface area (Å²) in [6.07, 6.45) is 4.43. The van der Waals surface area contributed by atoms with Crippen LogP contribution in [0.15, 0.2) is 0 Å². The Morgan fingerprint density at radius 3 is 2.75 bits per heavy atom. The van der Waals surface area contributed by atoms with Gasteiger partial charge in [0.25, 0.3) is 0 Å². The number of ether oxygens (including phenoxy) is 2. The lowest BCUT2D eigenvalue weighted by Crippen LogP contribution is -2.36. The number of fused-ring (bicyclic) bond motifs is 1. The van der Waals surface area contributed by atoms with Gasteiger partial charge in [0, 0.05) is 23.1 Å². The molecule has 1 aromatic rings. The highest BCUT2D eigenvalue weighted by molar-refractivity contribution is 7.15. The van der Waals surface area contributed by atoms with Gasteiger partial charge < -0.3 is 14.8 Å². The standard InChI is InChI=1S/C14H18N2O3S/c1-13(4-5-13)11(17)16-12-15-9-2-3-14(8-10(9)20-12)18-6-7-19-14/h2-8H2,1H3,(H,15,16,17). The van der Waals surface area contributed by atoms with Crippen molar-refractivity contribution >= 4 is 22.4 Å². The maximum atomic E-state index is 12.1. The van der Waals surface area contributed by atoms with Gasteiger partial charge in [0.1, 0.15) is 0 Å². The molecule has 1 spiro atoms. The van der Waals surface area contributed by atoms with Gasteiger partial charge in [-0.05, 0) is 19.3 Å². The number of hydrogen-bond donors (Lipinski definition) is 1. The first-order valence-electron chi connectivity index (χ1n) is 7.17. The third-order valence-electron chi connectivity index (χ3n) is 4.53. The van der Waals surface area contributed by atoms with E-state index in [1.807, 2.05) is 6.92 Å². The summed E-state index contributed by atoms with van der Waals surface area (Å²) in [4.78, 5) is 17.8. The highest BCUT2D eigenvalue weighted by Gasteiger charge is 2.45. The Morgan fingerprint density at radius 2 is 2.05 bits per heavy atom. The van der Waals surface area contributed by atoms with E-state index in [0.717, 1.165) is 42.9 Å². The molecular weight excluding hydrogens is 276 g/mol. The van der Waals surface area contributed by atoms with Gasteiger partial charge in [0.15, 0.2) is 10.9 Å². The van der Waals surface area contributed by atoms with E-state index in [9.17, 15) is 4.79 Å². The second-order valence-corrected chi connectivity index (χ2v) is 7.27. The summed E-state index contributed by atoms with van der Waals surface area (Å²) in [7, 11) is 0. The Bertz CT molecular complexity index is 559. The molecule has 0 radical (unpaired) electrons. The summed E-state index contributed by atoms with van der Waals surface area (Å²) in [5.41, 5.74) is 0.932. The molecule has 1 saturated heterocycles. The highest BCUT2D eigenvalue weighted by atomic mass is 32.1. The molecule has 108 valence electrons. The Labute approximate surface area is 121 Å². The molecule has 20 heavy (non-hydrogen) atoms. The summed E-state index contributed by atoms with van der Waals surface area (Å²) in [5.74, 6) is -0.324. The van der Waals surface area contributed by atoms with Crippen molar-refractivity contribution < 1.29 is 14.3 Å². The van der Waals surface area contributed by atoms with Crippen molar-refractivity contribution in [2.24, 2.45) is 5.41 Å². The predicted octanol–water partition coefficient (Wildman–Crippen LogP) is 2.11. The molecule has 6 heteroatoms. The topological polar surface area (TPSA) is 60.5 Å². The summed E-state index contributed by atoms with van der Waals surface area (Å²) in [6, 6.07) is 0. The molecule has 5 nitrogen and oxygen atoms in total. The smallest absolute Gasteiger partial charge is 0.232 e. The molecule has 3 aliphatic rings. The fraction of sp³-hybridized carbons (Fsp3) is 0.714. The summed E-state index contributed by atoms with van der Waals surface area (Å²) in [5, 5.41) is 3.69. The molecule has 1 aliphatic heterocycles. The fourth-order valence-electron chi connectivity index (χ4n) is 2.82. The van der Waals surface area contributed by atoms with E-state index < -0.39 is 5.79 Å². The van der Waals surface area contributed by atoms with Crippen LogP contribution in [0.2, 0.25) is 0 Å². The molecule has 0 unspecified atom stereocenters. The summed E-state index contributed by atoms with van der Waals surface area (Å²) >= 11 is 1.57. The van der Waals surface area contributed by atoms with Gasteiger partial charge in [-0.25, -0.2) is 4.98 Å². The zero-order valence-electron chi connectivity index (χ0n) is 11.5. The summed E-state index contributed by atoms with van der Waals surface area (Å²) < 4.78 is 11.5. The lowest BCUT2D eigenvalue weighted by atomic mass is 9.96. The molecule has 2 aliphatic carbocycles. The molecule has 1 amide bonds. The van der Waals surface area contributed by atoms with E-state index in [4.69, 9.17) is 9.47 Å². The van der Waals surface area contributed by atoms with Crippen LogP contribution in [0.5, 0.6) is 0 Å². The second kappa shape index (κ2) is 4.26. The number of carbonyl (C=O) groups excluding carboxylic acids is 1. The number of anilines is 1. The first kappa shape index (κ1) is 12.7. The van der Waals surface area contributed by atoms with Crippen LogP contribution in [0, 0.1) is 5.41 Å². The van der Waals surface area contributed by atoms with E-state index >= 15 is 0 Å². The van der Waals surface area contributed by atoms with Crippen molar-refractivity contribution in [3.8, 4) is 0 Å². The van der Waals surface area contributed by atoms with Crippen LogP contribution in [-0.2, 0) is 27.1 Å². The third-order valence-corrected chi connectivity index (χ3v) is 5.55. The van der Waals surface area contributed by atoms with E-state index in [0.29, 0.717) is 13.2 Å². The molecule has 0 atom stereocenters. The Balaban J connectivity index is 1.51. The SMILES string of the molecule is CC1(C(=O)Nc2nc3c(s2)CC2(CC3)OCCO2)CC1. The number of aromatic nitrogens is 1. The van der Waals surface area contributed by atoms with E-state index in [2.05, 4.69) is 10.3 Å². The van der Waals surface area contributed by atoms with Gasteiger partial charge in [0.2, 0.25) is 5.91 Å². The molecular formula is C14H18N2O3S. The van der Waals surface area contributed by atoms with Crippen molar-refractivity contribution in [1.29, 1.82) is 0 Å². The highest BCUT2D eigenvalue weighted by Crippen LogP contribution is 2.46. The van der Waals surface area contributed by atoms with Gasteiger partial charge in [-0.1, -0.05) is 6.92 Å². The second-order valence-electron chi connectivity index (χ2n) is 6.19. The minimum absolute atomic E-state index is 0.103. The minimum atomic E-state index is -0.427. The lowest BCUT2D eigenvalue weighted by Gasteiger charge is -2.30. The van der Waals surface area contributed by atoms with Crippen LogP contribution in [0.25, 0.3) is 0 Å². The van der Waals surface area contributed by atoms with E-state index in [-0.39, 0.29) is 11.3 Å². The number of aryl methyl sites for hydroxylation is 1. The minimum Gasteiger partial charge on any atom is -0.347 e. The number of nitrogens with zero attached hydrogens (tertiary/aromatic N) is 1. The third kappa shape index (κ3) is 2.06. The lowest BCUT2D eigenvalue weighted by molar-refractivity contribution is -0.163. The van der Waals surface area contributed by atoms with Crippen molar-refractivity contribution in [3.05, 3.63) is 10.6 Å². The predicted molar refractivity (Wildman–Crippen MR) is 74.7 cm³/mol. The van der Waals surface area contributed by atoms with E-state index in [1.165, 1.54) is 4.88 Å². The molecule has 4 rings (SSSR count). The number of rotatable bonds is 2. The molecule has 2 fully saturated rings. The number of thiazole rings is 1. The van der Waals surface area contributed by atoms with Gasteiger partial charge in [-0.2, -0.15) is 0 Å². The summed E-state index contributed by atoms with van der Waals surface area (Å²) in [6.45, 7) is 3.36. The van der Waals surface area contributed by atoms with Gasteiger partial charge in [-0.3, -0.25) is 4.79 Å². The first-order chi connectivity index (χ1) is 9.59. The van der Waals surface area contributed by atoms with Crippen LogP contribution in [0.3, 0.4) is 0 Å². The van der Waals surface area contributed by atoms with Crippen molar-refractivity contribution in [1.82, 2.24) is 4.98 Å². The number of amides is 1. The Morgan fingerprint density at radius 1 is 1.30 bits per heavy atom. The van der Waals surface area contributed by atoms with Crippen molar-refractivity contribution in [3.63, 3.8) is 0 Å². The Kier molecular flexibility index (Phi) is 2.71. The molecule has 1 N–H and O–H groups in total. The van der Waals surface area contributed by atoms with Crippen LogP contribution in [0.4, 0.5) is 5.13 Å². The Hall–Kier alpha value is -0.980. The average Bonchev–Trinajstić information content (AvgIpc) is 2.87. The van der Waals surface area contributed by atoms with Gasteiger partial charge in [-0.15, -0.1) is 11.3 Å². The maximum absolute atomic E-state index is 12.1. The fourth-order valence-corrected chi connectivity index (χ4v) is 3.91. The van der Waals surface area contributed by atoms with E-state index in [1.54, 1.807) is 11.3 Å². The largest absolute Gasteiger partial charge is 0.347 e. The monoisotopic (exact) mass is 294 g/mol. The maximum Gasteiger partial charge on any atom is 0.232 e. The van der Waals surface area contributed by atoms with Crippen LogP contribution in [0.1, 0.15) is 36.8 Å². The quantitative estimate of drug-likeness (QED) is 0.907. The zero-order valence-corrected chi connectivity index (χ0v) is 12.3. The first-order valence-corrected chi connectivity index (χ1v) is 7.98. The zero-order chi connectivity index (χ0) is 13.8. The molecule has 1 aromatic heterocycles. The van der Waals surface area contributed by atoms with Crippen LogP contribution in [-0.4, -0.2) is 29.9 Å². The van der Waals surface area contributed by atoms with Crippen LogP contribution < -0.4 is 5.32 Å². The number of nitrogens with one attached hydrogen (secondary N) is 1. The average molecular weight is 294 g/mol. The van der Waals surface area contributed by atoms with Gasteiger partial charge in [0.05, 0.1) is 18.9 Å². The molecule has 1 saturated carbocycles. The number of carbonyl (C=O) groups is 1. The van der Waals surface area contributed by atoms with Crippen molar-refractivity contribution in [2.45, 2.75) is 44.8 Å². The van der Waals surface area contributed by atoms with Crippen LogP contribution >= 0.6 is 11.3 Å². The molecule has 0 aromatic carbocycles.